The first-order valence-electron chi connectivity index (χ1n) is 10.9. The zero-order chi connectivity index (χ0) is 26.5. The second kappa shape index (κ2) is 11.6. The molecule has 0 aliphatic heterocycles. The van der Waals surface area contributed by atoms with E-state index >= 15 is 0 Å². The number of aromatic amines is 1. The van der Waals surface area contributed by atoms with E-state index in [2.05, 4.69) is 31.3 Å². The Morgan fingerprint density at radius 1 is 1.14 bits per heavy atom. The highest BCUT2D eigenvalue weighted by Gasteiger charge is 2.19. The molecular formula is C25H19BrCl2N4O5. The van der Waals surface area contributed by atoms with Crippen molar-refractivity contribution in [1.29, 1.82) is 0 Å². The summed E-state index contributed by atoms with van der Waals surface area (Å²) in [6.45, 7) is 1.71. The normalized spacial score (nSPS) is 11.1. The number of fused-ring (bicyclic) bond motifs is 1. The molecule has 190 valence electrons. The standard InChI is InChI=1S/C25H19BrCl2N4O5/c1-2-36-19-11-14(12-29-32-24(34)17-5-3-4-6-18(17)31-25(32)35)21(26)22(28)23(19)37-13-20(33)30-16-9-7-15(27)8-10-16/h3-12H,2,13H2,1H3,(H,30,33)(H,31,35). The molecule has 0 spiro atoms. The molecule has 3 aromatic carbocycles. The Kier molecular flexibility index (Phi) is 8.32. The van der Waals surface area contributed by atoms with Gasteiger partial charge in [-0.05, 0) is 65.3 Å². The number of aromatic nitrogens is 2. The van der Waals surface area contributed by atoms with Crippen LogP contribution in [0.3, 0.4) is 0 Å². The van der Waals surface area contributed by atoms with Crippen molar-refractivity contribution in [2.75, 3.05) is 18.5 Å². The van der Waals surface area contributed by atoms with Crippen LogP contribution >= 0.6 is 39.1 Å². The van der Waals surface area contributed by atoms with Crippen molar-refractivity contribution in [3.63, 3.8) is 0 Å². The first kappa shape index (κ1) is 26.5. The van der Waals surface area contributed by atoms with Crippen molar-refractivity contribution in [2.24, 2.45) is 5.10 Å². The molecule has 9 nitrogen and oxygen atoms in total. The van der Waals surface area contributed by atoms with Crippen molar-refractivity contribution in [3.8, 4) is 11.5 Å². The van der Waals surface area contributed by atoms with Gasteiger partial charge in [0.15, 0.2) is 18.1 Å². The lowest BCUT2D eigenvalue weighted by Gasteiger charge is -2.16. The Labute approximate surface area is 228 Å². The summed E-state index contributed by atoms with van der Waals surface area (Å²) in [7, 11) is 0. The van der Waals surface area contributed by atoms with Gasteiger partial charge in [-0.2, -0.15) is 5.10 Å². The number of H-pyrrole nitrogens is 1. The third kappa shape index (κ3) is 6.04. The summed E-state index contributed by atoms with van der Waals surface area (Å²) in [6, 6.07) is 14.8. The number of benzene rings is 3. The Bertz CT molecular complexity index is 1620. The highest BCUT2D eigenvalue weighted by Crippen LogP contribution is 2.42. The van der Waals surface area contributed by atoms with Crippen molar-refractivity contribution < 1.29 is 14.3 Å². The van der Waals surface area contributed by atoms with E-state index < -0.39 is 17.2 Å². The topological polar surface area (TPSA) is 115 Å². The van der Waals surface area contributed by atoms with E-state index in [1.807, 2.05) is 0 Å². The third-order valence-corrected chi connectivity index (χ3v) is 6.72. The summed E-state index contributed by atoms with van der Waals surface area (Å²) in [5, 5.41) is 7.73. The summed E-state index contributed by atoms with van der Waals surface area (Å²) in [5.41, 5.74) is 0.105. The largest absolute Gasteiger partial charge is 0.490 e. The first-order valence-corrected chi connectivity index (χ1v) is 12.4. The second-order valence-corrected chi connectivity index (χ2v) is 9.14. The molecule has 0 saturated heterocycles. The number of para-hydroxylation sites is 1. The summed E-state index contributed by atoms with van der Waals surface area (Å²) in [6.07, 6.45) is 1.29. The number of anilines is 1. The van der Waals surface area contributed by atoms with Gasteiger partial charge in [-0.25, -0.2) is 4.79 Å². The molecule has 12 heteroatoms. The SMILES string of the molecule is CCOc1cc(C=Nn2c(=O)[nH]c3ccccc3c2=O)c(Br)c(Cl)c1OCC(=O)Nc1ccc(Cl)cc1. The minimum Gasteiger partial charge on any atom is -0.490 e. The minimum atomic E-state index is -0.696. The van der Waals surface area contributed by atoms with Gasteiger partial charge in [-0.15, -0.1) is 4.68 Å². The van der Waals surface area contributed by atoms with Crippen molar-refractivity contribution in [2.45, 2.75) is 6.92 Å². The molecule has 0 atom stereocenters. The van der Waals surface area contributed by atoms with E-state index in [1.54, 1.807) is 61.5 Å². The van der Waals surface area contributed by atoms with Crippen LogP contribution in [0.1, 0.15) is 12.5 Å². The summed E-state index contributed by atoms with van der Waals surface area (Å²) in [4.78, 5) is 40.1. The van der Waals surface area contributed by atoms with Gasteiger partial charge in [0.05, 0.1) is 23.7 Å². The maximum atomic E-state index is 12.7. The Balaban J connectivity index is 1.60. The Morgan fingerprint density at radius 2 is 1.86 bits per heavy atom. The van der Waals surface area contributed by atoms with E-state index in [1.165, 1.54) is 6.21 Å². The summed E-state index contributed by atoms with van der Waals surface area (Å²) < 4.78 is 12.4. The van der Waals surface area contributed by atoms with E-state index in [4.69, 9.17) is 32.7 Å². The number of hydrogen-bond donors (Lipinski definition) is 2. The van der Waals surface area contributed by atoms with Crippen molar-refractivity contribution in [1.82, 2.24) is 9.66 Å². The molecule has 0 radical (unpaired) electrons. The molecule has 1 heterocycles. The number of ether oxygens (including phenoxy) is 2. The number of halogens is 3. The number of amides is 1. The molecule has 1 aromatic heterocycles. The number of hydrogen-bond acceptors (Lipinski definition) is 6. The maximum Gasteiger partial charge on any atom is 0.349 e. The Morgan fingerprint density at radius 3 is 2.59 bits per heavy atom. The zero-order valence-corrected chi connectivity index (χ0v) is 22.4. The molecule has 37 heavy (non-hydrogen) atoms. The summed E-state index contributed by atoms with van der Waals surface area (Å²) in [5.74, 6) is -0.0340. The molecule has 2 N–H and O–H groups in total. The van der Waals surface area contributed by atoms with E-state index in [-0.39, 0.29) is 29.7 Å². The van der Waals surface area contributed by atoms with Crippen LogP contribution in [0, 0.1) is 0 Å². The quantitative estimate of drug-likeness (QED) is 0.273. The van der Waals surface area contributed by atoms with Crippen LogP contribution in [-0.2, 0) is 4.79 Å². The van der Waals surface area contributed by atoms with Gasteiger partial charge in [-0.3, -0.25) is 9.59 Å². The molecule has 4 aromatic rings. The maximum absolute atomic E-state index is 12.7. The van der Waals surface area contributed by atoms with Crippen LogP contribution in [-0.4, -0.2) is 35.0 Å². The second-order valence-electron chi connectivity index (χ2n) is 7.54. The average molecular weight is 606 g/mol. The van der Waals surface area contributed by atoms with Crippen molar-refractivity contribution in [3.05, 3.63) is 95.5 Å². The van der Waals surface area contributed by atoms with Gasteiger partial charge in [-0.1, -0.05) is 35.3 Å². The van der Waals surface area contributed by atoms with Gasteiger partial charge in [0.1, 0.15) is 5.02 Å². The fraction of sp³-hybridized carbons (Fsp3) is 0.120. The molecule has 0 unspecified atom stereocenters. The lowest BCUT2D eigenvalue weighted by molar-refractivity contribution is -0.118. The van der Waals surface area contributed by atoms with Crippen molar-refractivity contribution >= 4 is 67.8 Å². The van der Waals surface area contributed by atoms with Crippen LogP contribution in [0.5, 0.6) is 11.5 Å². The molecule has 4 rings (SSSR count). The van der Waals surface area contributed by atoms with Crippen LogP contribution in [0.25, 0.3) is 10.9 Å². The fourth-order valence-electron chi connectivity index (χ4n) is 3.34. The predicted molar refractivity (Wildman–Crippen MR) is 148 cm³/mol. The van der Waals surface area contributed by atoms with Gasteiger partial charge in [0.25, 0.3) is 11.5 Å². The molecule has 0 saturated carbocycles. The van der Waals surface area contributed by atoms with Gasteiger partial charge in [0, 0.05) is 20.7 Å². The van der Waals surface area contributed by atoms with Crippen LogP contribution in [0.2, 0.25) is 10.0 Å². The zero-order valence-electron chi connectivity index (χ0n) is 19.3. The molecule has 0 aliphatic carbocycles. The van der Waals surface area contributed by atoms with E-state index in [9.17, 15) is 14.4 Å². The van der Waals surface area contributed by atoms with E-state index in [0.29, 0.717) is 36.3 Å². The lowest BCUT2D eigenvalue weighted by Crippen LogP contribution is -2.32. The minimum absolute atomic E-state index is 0.117. The van der Waals surface area contributed by atoms with Gasteiger partial charge >= 0.3 is 5.69 Å². The lowest BCUT2D eigenvalue weighted by atomic mass is 10.2. The highest BCUT2D eigenvalue weighted by molar-refractivity contribution is 9.10. The van der Waals surface area contributed by atoms with E-state index in [0.717, 1.165) is 0 Å². The molecule has 1 amide bonds. The monoisotopic (exact) mass is 604 g/mol. The fourth-order valence-corrected chi connectivity index (χ4v) is 4.12. The predicted octanol–water partition coefficient (Wildman–Crippen LogP) is 5.06. The van der Waals surface area contributed by atoms with Crippen LogP contribution < -0.4 is 26.0 Å². The first-order chi connectivity index (χ1) is 17.8. The highest BCUT2D eigenvalue weighted by atomic mass is 79.9. The average Bonchev–Trinajstić information content (AvgIpc) is 2.88. The van der Waals surface area contributed by atoms with Gasteiger partial charge in [0.2, 0.25) is 0 Å². The van der Waals surface area contributed by atoms with Crippen LogP contribution in [0.4, 0.5) is 5.69 Å². The number of rotatable bonds is 8. The van der Waals surface area contributed by atoms with Crippen LogP contribution in [0.15, 0.2) is 73.8 Å². The molecule has 0 bridgehead atoms. The number of carbonyl (C=O) groups excluding carboxylic acids is 1. The number of nitrogens with zero attached hydrogens (tertiary/aromatic N) is 2. The number of carbonyl (C=O) groups is 1. The number of nitrogens with one attached hydrogen (secondary N) is 2. The smallest absolute Gasteiger partial charge is 0.349 e. The molecule has 0 aliphatic rings. The summed E-state index contributed by atoms with van der Waals surface area (Å²) >= 11 is 15.8. The molecule has 0 fully saturated rings. The van der Waals surface area contributed by atoms with Gasteiger partial charge < -0.3 is 19.8 Å². The Hall–Kier alpha value is -3.60. The third-order valence-electron chi connectivity index (χ3n) is 5.03. The molecular weight excluding hydrogens is 587 g/mol.